The number of aromatic nitrogens is 2. The van der Waals surface area contributed by atoms with Gasteiger partial charge in [0.1, 0.15) is 11.2 Å². The SMILES string of the molecule is OCc1c(C2CC2)sc2cncn12. The minimum Gasteiger partial charge on any atom is -0.390 e. The normalized spacial score (nSPS) is 17.0. The second-order valence-corrected chi connectivity index (χ2v) is 4.51. The van der Waals surface area contributed by atoms with E-state index in [1.54, 1.807) is 17.7 Å². The average molecular weight is 194 g/mol. The molecule has 1 fully saturated rings. The van der Waals surface area contributed by atoms with Gasteiger partial charge in [-0.25, -0.2) is 4.98 Å². The fourth-order valence-electron chi connectivity index (χ4n) is 1.67. The van der Waals surface area contributed by atoms with Gasteiger partial charge < -0.3 is 5.11 Å². The summed E-state index contributed by atoms with van der Waals surface area (Å²) in [5.74, 6) is 0.715. The third kappa shape index (κ3) is 1.02. The van der Waals surface area contributed by atoms with Crippen molar-refractivity contribution in [2.75, 3.05) is 0 Å². The van der Waals surface area contributed by atoms with E-state index in [4.69, 9.17) is 0 Å². The van der Waals surface area contributed by atoms with Gasteiger partial charge in [0.2, 0.25) is 0 Å². The van der Waals surface area contributed by atoms with Crippen LogP contribution in [0.25, 0.3) is 4.83 Å². The zero-order chi connectivity index (χ0) is 8.84. The van der Waals surface area contributed by atoms with Crippen molar-refractivity contribution in [1.29, 1.82) is 0 Å². The van der Waals surface area contributed by atoms with Crippen LogP contribution in [0.3, 0.4) is 0 Å². The monoisotopic (exact) mass is 194 g/mol. The number of thiazole rings is 1. The Morgan fingerprint density at radius 2 is 2.46 bits per heavy atom. The van der Waals surface area contributed by atoms with Gasteiger partial charge in [-0.05, 0) is 18.8 Å². The molecule has 0 unspecified atom stereocenters. The lowest BCUT2D eigenvalue weighted by atomic mass is 10.3. The van der Waals surface area contributed by atoms with Gasteiger partial charge >= 0.3 is 0 Å². The van der Waals surface area contributed by atoms with E-state index in [1.807, 2.05) is 10.6 Å². The number of fused-ring (bicyclic) bond motifs is 1. The van der Waals surface area contributed by atoms with Crippen LogP contribution in [0, 0.1) is 0 Å². The van der Waals surface area contributed by atoms with Gasteiger partial charge in [0.05, 0.1) is 18.5 Å². The highest BCUT2D eigenvalue weighted by Crippen LogP contribution is 2.45. The molecule has 0 amide bonds. The first-order chi connectivity index (χ1) is 6.40. The lowest BCUT2D eigenvalue weighted by molar-refractivity contribution is 0.275. The first-order valence-electron chi connectivity index (χ1n) is 4.44. The summed E-state index contributed by atoms with van der Waals surface area (Å²) < 4.78 is 2.00. The number of aliphatic hydroxyl groups excluding tert-OH is 1. The second-order valence-electron chi connectivity index (χ2n) is 3.45. The molecule has 1 N–H and O–H groups in total. The molecule has 3 rings (SSSR count). The fourth-order valence-corrected chi connectivity index (χ4v) is 2.95. The molecule has 1 aliphatic carbocycles. The van der Waals surface area contributed by atoms with Crippen LogP contribution in [-0.2, 0) is 6.61 Å². The minimum atomic E-state index is 0.127. The number of rotatable bonds is 2. The first kappa shape index (κ1) is 7.53. The van der Waals surface area contributed by atoms with Gasteiger partial charge in [0, 0.05) is 4.88 Å². The van der Waals surface area contributed by atoms with Crippen molar-refractivity contribution in [2.45, 2.75) is 25.4 Å². The number of hydrogen-bond acceptors (Lipinski definition) is 3. The predicted octanol–water partition coefficient (Wildman–Crippen LogP) is 1.77. The maximum absolute atomic E-state index is 9.26. The molecule has 2 aromatic rings. The molecule has 2 aromatic heterocycles. The highest BCUT2D eigenvalue weighted by molar-refractivity contribution is 7.17. The Morgan fingerprint density at radius 3 is 3.15 bits per heavy atom. The van der Waals surface area contributed by atoms with Crippen molar-refractivity contribution in [3.05, 3.63) is 23.1 Å². The second kappa shape index (κ2) is 2.56. The van der Waals surface area contributed by atoms with Gasteiger partial charge in [0.15, 0.2) is 0 Å². The maximum atomic E-state index is 9.26. The van der Waals surface area contributed by atoms with Gasteiger partial charge in [-0.1, -0.05) is 0 Å². The van der Waals surface area contributed by atoms with Crippen molar-refractivity contribution in [3.63, 3.8) is 0 Å². The fraction of sp³-hybridized carbons (Fsp3) is 0.444. The molecule has 0 aliphatic heterocycles. The Morgan fingerprint density at radius 1 is 1.62 bits per heavy atom. The lowest BCUT2D eigenvalue weighted by Gasteiger charge is -1.97. The zero-order valence-electron chi connectivity index (χ0n) is 7.10. The quantitative estimate of drug-likeness (QED) is 0.791. The molecule has 0 atom stereocenters. The molecule has 0 saturated heterocycles. The van der Waals surface area contributed by atoms with E-state index in [1.165, 1.54) is 17.7 Å². The Bertz CT molecular complexity index is 441. The molecular formula is C9H10N2OS. The largest absolute Gasteiger partial charge is 0.390 e. The van der Waals surface area contributed by atoms with Crippen LogP contribution in [0.4, 0.5) is 0 Å². The molecule has 0 radical (unpaired) electrons. The molecule has 0 spiro atoms. The predicted molar refractivity (Wildman–Crippen MR) is 51.0 cm³/mol. The summed E-state index contributed by atoms with van der Waals surface area (Å²) in [6.07, 6.45) is 6.20. The molecule has 1 aliphatic rings. The van der Waals surface area contributed by atoms with Gasteiger partial charge in [-0.3, -0.25) is 4.40 Å². The topological polar surface area (TPSA) is 37.5 Å². The Labute approximate surface area is 79.7 Å². The van der Waals surface area contributed by atoms with Gasteiger partial charge in [-0.2, -0.15) is 0 Å². The standard InChI is InChI=1S/C9H10N2OS/c12-4-7-9(6-1-2-6)13-8-3-10-5-11(7)8/h3,5-6,12H,1-2,4H2. The highest BCUT2D eigenvalue weighted by Gasteiger charge is 2.29. The molecule has 2 heterocycles. The maximum Gasteiger partial charge on any atom is 0.120 e. The van der Waals surface area contributed by atoms with Crippen LogP contribution in [0.15, 0.2) is 12.5 Å². The molecule has 0 bridgehead atoms. The van der Waals surface area contributed by atoms with Crippen molar-refractivity contribution in [2.24, 2.45) is 0 Å². The van der Waals surface area contributed by atoms with Crippen LogP contribution < -0.4 is 0 Å². The van der Waals surface area contributed by atoms with Crippen molar-refractivity contribution >= 4 is 16.2 Å². The summed E-state index contributed by atoms with van der Waals surface area (Å²) in [4.78, 5) is 6.56. The molecular weight excluding hydrogens is 184 g/mol. The Kier molecular flexibility index (Phi) is 1.48. The summed E-state index contributed by atoms with van der Waals surface area (Å²) in [6.45, 7) is 0.127. The average Bonchev–Trinajstić information content (AvgIpc) is 2.76. The van der Waals surface area contributed by atoms with E-state index < -0.39 is 0 Å². The molecule has 0 aromatic carbocycles. The van der Waals surface area contributed by atoms with Crippen molar-refractivity contribution in [3.8, 4) is 0 Å². The van der Waals surface area contributed by atoms with Crippen LogP contribution in [0.5, 0.6) is 0 Å². The van der Waals surface area contributed by atoms with Crippen LogP contribution in [0.2, 0.25) is 0 Å². The molecule has 4 heteroatoms. The van der Waals surface area contributed by atoms with Crippen LogP contribution in [0.1, 0.15) is 29.3 Å². The molecule has 68 valence electrons. The minimum absolute atomic E-state index is 0.127. The molecule has 13 heavy (non-hydrogen) atoms. The van der Waals surface area contributed by atoms with E-state index in [0.717, 1.165) is 10.5 Å². The van der Waals surface area contributed by atoms with E-state index in [9.17, 15) is 5.11 Å². The summed E-state index contributed by atoms with van der Waals surface area (Å²) >= 11 is 1.77. The van der Waals surface area contributed by atoms with E-state index in [-0.39, 0.29) is 6.61 Å². The number of imidazole rings is 1. The van der Waals surface area contributed by atoms with E-state index >= 15 is 0 Å². The third-order valence-electron chi connectivity index (χ3n) is 2.49. The zero-order valence-corrected chi connectivity index (χ0v) is 7.92. The van der Waals surface area contributed by atoms with Crippen LogP contribution >= 0.6 is 11.3 Å². The number of nitrogens with zero attached hydrogens (tertiary/aromatic N) is 2. The third-order valence-corrected chi connectivity index (χ3v) is 3.79. The molecule has 3 nitrogen and oxygen atoms in total. The van der Waals surface area contributed by atoms with E-state index in [0.29, 0.717) is 5.92 Å². The Balaban J connectivity index is 2.25. The van der Waals surface area contributed by atoms with Gasteiger partial charge in [0.25, 0.3) is 0 Å². The van der Waals surface area contributed by atoms with Crippen molar-refractivity contribution in [1.82, 2.24) is 9.38 Å². The summed E-state index contributed by atoms with van der Waals surface area (Å²) in [6, 6.07) is 0. The number of aliphatic hydroxyl groups is 1. The molecule has 1 saturated carbocycles. The Hall–Kier alpha value is -0.870. The summed E-state index contributed by atoms with van der Waals surface area (Å²) in [5.41, 5.74) is 1.04. The first-order valence-corrected chi connectivity index (χ1v) is 5.26. The highest BCUT2D eigenvalue weighted by atomic mass is 32.1. The number of hydrogen-bond donors (Lipinski definition) is 1. The lowest BCUT2D eigenvalue weighted by Crippen LogP contribution is -1.92. The smallest absolute Gasteiger partial charge is 0.120 e. The van der Waals surface area contributed by atoms with E-state index in [2.05, 4.69) is 4.98 Å². The van der Waals surface area contributed by atoms with Crippen molar-refractivity contribution < 1.29 is 5.11 Å². The summed E-state index contributed by atoms with van der Waals surface area (Å²) in [7, 11) is 0. The summed E-state index contributed by atoms with van der Waals surface area (Å²) in [5, 5.41) is 9.26. The van der Waals surface area contributed by atoms with Gasteiger partial charge in [-0.15, -0.1) is 11.3 Å². The van der Waals surface area contributed by atoms with Crippen LogP contribution in [-0.4, -0.2) is 14.5 Å².